The molecule has 1 amide bonds. The van der Waals surface area contributed by atoms with Crippen LogP contribution >= 0.6 is 15.9 Å². The first-order chi connectivity index (χ1) is 14.5. The normalized spacial score (nSPS) is 12.0. The zero-order valence-electron chi connectivity index (χ0n) is 16.0. The molecule has 2 aromatic heterocycles. The molecule has 0 bridgehead atoms. The Morgan fingerprint density at radius 1 is 1.17 bits per heavy atom. The number of aromatic nitrogens is 3. The van der Waals surface area contributed by atoms with Gasteiger partial charge in [0.25, 0.3) is 0 Å². The fourth-order valence-electron chi connectivity index (χ4n) is 2.84. The van der Waals surface area contributed by atoms with Gasteiger partial charge in [-0.05, 0) is 52.2 Å². The van der Waals surface area contributed by atoms with Crippen molar-refractivity contribution < 1.29 is 23.0 Å². The second-order valence-corrected chi connectivity index (χ2v) is 7.16. The van der Waals surface area contributed by atoms with Crippen LogP contribution in [0, 0.1) is 0 Å². The molecular weight excluding hydrogens is 462 g/mol. The highest BCUT2D eigenvalue weighted by Crippen LogP contribution is 2.26. The summed E-state index contributed by atoms with van der Waals surface area (Å²) in [5.74, 6) is 0. The summed E-state index contributed by atoms with van der Waals surface area (Å²) in [5.41, 5.74) is 2.99. The molecule has 1 unspecified atom stereocenters. The molecule has 0 aliphatic rings. The minimum atomic E-state index is -2.83. The highest BCUT2D eigenvalue weighted by molar-refractivity contribution is 9.10. The molecule has 0 radical (unpaired) electrons. The molecule has 0 spiro atoms. The Balaban J connectivity index is 1.80. The van der Waals surface area contributed by atoms with Crippen molar-refractivity contribution in [1.29, 1.82) is 0 Å². The molecule has 30 heavy (non-hydrogen) atoms. The second-order valence-electron chi connectivity index (χ2n) is 6.24. The Morgan fingerprint density at radius 3 is 2.57 bits per heavy atom. The molecule has 1 atom stereocenters. The number of nitrogens with one attached hydrogen (secondary N) is 1. The average Bonchev–Trinajstić information content (AvgIpc) is 3.22. The standard InChI is InChI=1S/C20H19BrF2N4O3/c1-29-20(28)26-16-5-2-13(3-6-16)14-10-25-27(12-14)18(8-9-30-19(22)23)17-7-4-15(21)11-24-17/h2-7,10-12,18-19H,8-9H2,1H3,(H,26,28). The van der Waals surface area contributed by atoms with E-state index in [9.17, 15) is 13.6 Å². The highest BCUT2D eigenvalue weighted by Gasteiger charge is 2.18. The number of carbonyl (C=O) groups is 1. The molecule has 10 heteroatoms. The molecule has 1 aromatic carbocycles. The van der Waals surface area contributed by atoms with Gasteiger partial charge in [0.1, 0.15) is 0 Å². The van der Waals surface area contributed by atoms with Crippen molar-refractivity contribution in [2.24, 2.45) is 0 Å². The van der Waals surface area contributed by atoms with Crippen molar-refractivity contribution >= 4 is 27.7 Å². The summed E-state index contributed by atoms with van der Waals surface area (Å²) in [7, 11) is 1.29. The summed E-state index contributed by atoms with van der Waals surface area (Å²) in [5, 5.41) is 6.99. The summed E-state index contributed by atoms with van der Waals surface area (Å²) in [6.07, 6.45) is 4.88. The highest BCUT2D eigenvalue weighted by atomic mass is 79.9. The first kappa shape index (κ1) is 21.8. The number of methoxy groups -OCH3 is 1. The van der Waals surface area contributed by atoms with Crippen molar-refractivity contribution in [3.05, 3.63) is 65.2 Å². The number of rotatable bonds is 8. The molecule has 2 heterocycles. The number of benzene rings is 1. The second kappa shape index (κ2) is 10.3. The Labute approximate surface area is 180 Å². The molecule has 0 saturated carbocycles. The zero-order chi connectivity index (χ0) is 21.5. The maximum Gasteiger partial charge on any atom is 0.411 e. The van der Waals surface area contributed by atoms with E-state index in [4.69, 9.17) is 0 Å². The lowest BCUT2D eigenvalue weighted by Crippen LogP contribution is -2.16. The third-order valence-electron chi connectivity index (χ3n) is 4.30. The van der Waals surface area contributed by atoms with Gasteiger partial charge in [0, 0.05) is 28.1 Å². The van der Waals surface area contributed by atoms with Crippen molar-refractivity contribution in [3.8, 4) is 11.1 Å². The van der Waals surface area contributed by atoms with Crippen LogP contribution in [0.4, 0.5) is 19.3 Å². The number of ether oxygens (including phenoxy) is 2. The number of anilines is 1. The Morgan fingerprint density at radius 2 is 1.93 bits per heavy atom. The van der Waals surface area contributed by atoms with Crippen LogP contribution in [0.25, 0.3) is 11.1 Å². The fourth-order valence-corrected chi connectivity index (χ4v) is 3.08. The lowest BCUT2D eigenvalue weighted by Gasteiger charge is -2.17. The lowest BCUT2D eigenvalue weighted by atomic mass is 10.1. The number of alkyl halides is 2. The third-order valence-corrected chi connectivity index (χ3v) is 4.77. The number of nitrogens with zero attached hydrogens (tertiary/aromatic N) is 3. The molecule has 3 aromatic rings. The van der Waals surface area contributed by atoms with Crippen molar-refractivity contribution in [1.82, 2.24) is 14.8 Å². The monoisotopic (exact) mass is 480 g/mol. The van der Waals surface area contributed by atoms with Crippen molar-refractivity contribution in [2.75, 3.05) is 19.0 Å². The SMILES string of the molecule is COC(=O)Nc1ccc(-c2cnn(C(CCOC(F)F)c3ccc(Br)cn3)c2)cc1. The van der Waals surface area contributed by atoms with Gasteiger partial charge >= 0.3 is 12.7 Å². The van der Waals surface area contributed by atoms with Gasteiger partial charge in [0.15, 0.2) is 0 Å². The predicted molar refractivity (Wildman–Crippen MR) is 110 cm³/mol. The quantitative estimate of drug-likeness (QED) is 0.484. The maximum atomic E-state index is 12.4. The van der Waals surface area contributed by atoms with E-state index in [0.29, 0.717) is 11.4 Å². The minimum Gasteiger partial charge on any atom is -0.453 e. The average molecular weight is 481 g/mol. The van der Waals surface area contributed by atoms with Gasteiger partial charge in [-0.3, -0.25) is 15.0 Å². The van der Waals surface area contributed by atoms with Gasteiger partial charge < -0.3 is 9.47 Å². The summed E-state index contributed by atoms with van der Waals surface area (Å²) < 4.78 is 36.3. The number of hydrogen-bond donors (Lipinski definition) is 1. The molecule has 0 saturated heterocycles. The minimum absolute atomic E-state index is 0.136. The van der Waals surface area contributed by atoms with E-state index in [0.717, 1.165) is 15.6 Å². The largest absolute Gasteiger partial charge is 0.453 e. The van der Waals surface area contributed by atoms with E-state index in [1.54, 1.807) is 29.2 Å². The summed E-state index contributed by atoms with van der Waals surface area (Å²) >= 11 is 3.34. The summed E-state index contributed by atoms with van der Waals surface area (Å²) in [6, 6.07) is 10.4. The number of pyridine rings is 1. The van der Waals surface area contributed by atoms with E-state index >= 15 is 0 Å². The lowest BCUT2D eigenvalue weighted by molar-refractivity contribution is -0.130. The van der Waals surface area contributed by atoms with Gasteiger partial charge in [-0.2, -0.15) is 13.9 Å². The summed E-state index contributed by atoms with van der Waals surface area (Å²) in [4.78, 5) is 15.7. The van der Waals surface area contributed by atoms with E-state index in [1.165, 1.54) is 7.11 Å². The number of hydrogen-bond acceptors (Lipinski definition) is 5. The van der Waals surface area contributed by atoms with Crippen LogP contribution in [0.2, 0.25) is 0 Å². The molecule has 1 N–H and O–H groups in total. The van der Waals surface area contributed by atoms with Gasteiger partial charge in [0.05, 0.1) is 31.6 Å². The zero-order valence-corrected chi connectivity index (χ0v) is 17.6. The van der Waals surface area contributed by atoms with Gasteiger partial charge in [0.2, 0.25) is 0 Å². The Hall–Kier alpha value is -2.85. The van der Waals surface area contributed by atoms with Crippen molar-refractivity contribution in [3.63, 3.8) is 0 Å². The molecule has 3 rings (SSSR count). The topological polar surface area (TPSA) is 78.3 Å². The van der Waals surface area contributed by atoms with E-state index in [-0.39, 0.29) is 19.1 Å². The van der Waals surface area contributed by atoms with E-state index < -0.39 is 12.7 Å². The Kier molecular flexibility index (Phi) is 7.47. The maximum absolute atomic E-state index is 12.4. The van der Waals surface area contributed by atoms with Gasteiger partial charge in [-0.25, -0.2) is 4.79 Å². The van der Waals surface area contributed by atoms with Gasteiger partial charge in [-0.1, -0.05) is 12.1 Å². The first-order valence-electron chi connectivity index (χ1n) is 8.97. The van der Waals surface area contributed by atoms with Crippen LogP contribution in [0.1, 0.15) is 18.2 Å². The first-order valence-corrected chi connectivity index (χ1v) is 9.76. The Bertz CT molecular complexity index is 965. The van der Waals surface area contributed by atoms with Crippen LogP contribution in [-0.2, 0) is 9.47 Å². The fraction of sp³-hybridized carbons (Fsp3) is 0.250. The predicted octanol–water partition coefficient (Wildman–Crippen LogP) is 5.10. The molecule has 0 aliphatic carbocycles. The molecule has 7 nitrogen and oxygen atoms in total. The van der Waals surface area contributed by atoms with E-state index in [1.807, 2.05) is 30.5 Å². The van der Waals surface area contributed by atoms with Crippen LogP contribution in [0.5, 0.6) is 0 Å². The molecule has 0 fully saturated rings. The molecule has 0 aliphatic heterocycles. The number of halogens is 3. The molecule has 158 valence electrons. The van der Waals surface area contributed by atoms with Crippen LogP contribution < -0.4 is 5.32 Å². The van der Waals surface area contributed by atoms with Gasteiger partial charge in [-0.15, -0.1) is 0 Å². The third kappa shape index (κ3) is 5.83. The van der Waals surface area contributed by atoms with Crippen LogP contribution in [0.3, 0.4) is 0 Å². The number of carbonyl (C=O) groups excluding carboxylic acids is 1. The summed E-state index contributed by atoms with van der Waals surface area (Å²) in [6.45, 7) is -2.96. The van der Waals surface area contributed by atoms with Crippen molar-refractivity contribution in [2.45, 2.75) is 19.1 Å². The van der Waals surface area contributed by atoms with Crippen LogP contribution in [-0.4, -0.2) is 41.2 Å². The smallest absolute Gasteiger partial charge is 0.411 e. The van der Waals surface area contributed by atoms with Crippen LogP contribution in [0.15, 0.2) is 59.5 Å². The molecular formula is C20H19BrF2N4O3. The number of amides is 1. The van der Waals surface area contributed by atoms with E-state index in [2.05, 4.69) is 40.8 Å².